The molecule has 0 aromatic carbocycles. The van der Waals surface area contributed by atoms with Gasteiger partial charge in [-0.2, -0.15) is 13.2 Å². The largest absolute Gasteiger partial charge is 0.467 e. The lowest BCUT2D eigenvalue weighted by Gasteiger charge is -2.09. The molecule has 1 rings (SSSR count). The number of amides is 2. The predicted octanol–water partition coefficient (Wildman–Crippen LogP) is 1.18. The summed E-state index contributed by atoms with van der Waals surface area (Å²) in [5.41, 5.74) is 0. The van der Waals surface area contributed by atoms with Crippen LogP contribution in [0.3, 0.4) is 0 Å². The molecule has 1 heterocycles. The van der Waals surface area contributed by atoms with E-state index in [1.54, 1.807) is 12.1 Å². The fraction of sp³-hybridized carbons (Fsp3) is 0.400. The summed E-state index contributed by atoms with van der Waals surface area (Å²) in [5.74, 6) is -0.0756. The minimum atomic E-state index is -4.60. The van der Waals surface area contributed by atoms with Gasteiger partial charge in [-0.25, -0.2) is 4.79 Å². The van der Waals surface area contributed by atoms with Crippen LogP contribution in [0.2, 0.25) is 0 Å². The van der Waals surface area contributed by atoms with Crippen molar-refractivity contribution >= 4 is 12.0 Å². The van der Waals surface area contributed by atoms with Crippen LogP contribution in [0.5, 0.6) is 0 Å². The van der Waals surface area contributed by atoms with Crippen LogP contribution < -0.4 is 10.6 Å². The smallest absolute Gasteiger partial charge is 0.422 e. The van der Waals surface area contributed by atoms with Gasteiger partial charge >= 0.3 is 12.3 Å². The van der Waals surface area contributed by atoms with Crippen molar-refractivity contribution in [3.63, 3.8) is 0 Å². The van der Waals surface area contributed by atoms with Gasteiger partial charge < -0.3 is 19.8 Å². The van der Waals surface area contributed by atoms with Crippen LogP contribution in [0.25, 0.3) is 0 Å². The molecular formula is C10H11F3N2O4. The van der Waals surface area contributed by atoms with E-state index in [2.05, 4.69) is 10.1 Å². The van der Waals surface area contributed by atoms with Crippen LogP contribution in [0, 0.1) is 0 Å². The van der Waals surface area contributed by atoms with Crippen LogP contribution >= 0.6 is 0 Å². The summed E-state index contributed by atoms with van der Waals surface area (Å²) in [6.45, 7) is -2.07. The first-order valence-electron chi connectivity index (χ1n) is 5.13. The Morgan fingerprint density at radius 2 is 2.05 bits per heavy atom. The summed E-state index contributed by atoms with van der Waals surface area (Å²) in [6, 6.07) is 3.26. The van der Waals surface area contributed by atoms with Crippen molar-refractivity contribution in [1.82, 2.24) is 10.6 Å². The Morgan fingerprint density at radius 1 is 1.32 bits per heavy atom. The molecule has 0 aliphatic carbocycles. The Bertz CT molecular complexity index is 417. The number of ether oxygens (including phenoxy) is 1. The maximum Gasteiger partial charge on any atom is 0.422 e. The highest BCUT2D eigenvalue weighted by atomic mass is 19.4. The second kappa shape index (κ2) is 6.66. The molecule has 0 atom stereocenters. The number of rotatable bonds is 5. The Kier molecular flexibility index (Phi) is 5.22. The number of alkyl halides is 3. The molecule has 106 valence electrons. The number of furan rings is 1. The van der Waals surface area contributed by atoms with Gasteiger partial charge in [0, 0.05) is 0 Å². The van der Waals surface area contributed by atoms with Gasteiger partial charge in [-0.3, -0.25) is 4.79 Å². The monoisotopic (exact) mass is 280 g/mol. The first-order valence-corrected chi connectivity index (χ1v) is 5.13. The number of nitrogens with one attached hydrogen (secondary N) is 2. The second-order valence-electron chi connectivity index (χ2n) is 3.40. The maximum atomic E-state index is 11.7. The number of halogens is 3. The fourth-order valence-corrected chi connectivity index (χ4v) is 1.01. The third-order valence-electron chi connectivity index (χ3n) is 1.80. The van der Waals surface area contributed by atoms with Crippen molar-refractivity contribution in [1.29, 1.82) is 0 Å². The summed E-state index contributed by atoms with van der Waals surface area (Å²) < 4.78 is 43.9. The molecule has 2 amide bonds. The molecule has 19 heavy (non-hydrogen) atoms. The molecule has 0 radical (unpaired) electrons. The molecule has 0 aliphatic rings. The van der Waals surface area contributed by atoms with E-state index in [0.29, 0.717) is 5.76 Å². The maximum absolute atomic E-state index is 11.7. The van der Waals surface area contributed by atoms with Crippen LogP contribution in [-0.4, -0.2) is 31.3 Å². The molecule has 0 spiro atoms. The van der Waals surface area contributed by atoms with Crippen molar-refractivity contribution in [3.05, 3.63) is 24.2 Å². The van der Waals surface area contributed by atoms with Crippen LogP contribution in [0.4, 0.5) is 18.0 Å². The van der Waals surface area contributed by atoms with Crippen molar-refractivity contribution in [2.45, 2.75) is 12.7 Å². The summed E-state index contributed by atoms with van der Waals surface area (Å²) in [6.07, 6.45) is -4.49. The van der Waals surface area contributed by atoms with Gasteiger partial charge in [-0.1, -0.05) is 0 Å². The zero-order valence-electron chi connectivity index (χ0n) is 9.62. The van der Waals surface area contributed by atoms with E-state index < -0.39 is 31.3 Å². The third-order valence-corrected chi connectivity index (χ3v) is 1.80. The number of alkyl carbamates (subject to hydrolysis) is 1. The molecule has 0 fully saturated rings. The average molecular weight is 280 g/mol. The third kappa shape index (κ3) is 6.96. The highest BCUT2D eigenvalue weighted by Crippen LogP contribution is 2.14. The van der Waals surface area contributed by atoms with Gasteiger partial charge in [-0.05, 0) is 12.1 Å². The predicted molar refractivity (Wildman–Crippen MR) is 56.0 cm³/mol. The highest BCUT2D eigenvalue weighted by molar-refractivity contribution is 5.81. The summed E-state index contributed by atoms with van der Waals surface area (Å²) >= 11 is 0. The first kappa shape index (κ1) is 14.9. The summed E-state index contributed by atoms with van der Waals surface area (Å²) in [5, 5.41) is 4.27. The van der Waals surface area contributed by atoms with E-state index >= 15 is 0 Å². The van der Waals surface area contributed by atoms with Gasteiger partial charge in [0.2, 0.25) is 5.91 Å². The molecule has 0 saturated carbocycles. The zero-order valence-corrected chi connectivity index (χ0v) is 9.62. The molecule has 2 N–H and O–H groups in total. The van der Waals surface area contributed by atoms with Crippen molar-refractivity contribution < 1.29 is 31.9 Å². The molecular weight excluding hydrogens is 269 g/mol. The van der Waals surface area contributed by atoms with Crippen molar-refractivity contribution in [2.75, 3.05) is 13.2 Å². The van der Waals surface area contributed by atoms with E-state index in [9.17, 15) is 22.8 Å². The van der Waals surface area contributed by atoms with E-state index in [0.717, 1.165) is 0 Å². The molecule has 0 aliphatic heterocycles. The highest BCUT2D eigenvalue weighted by Gasteiger charge is 2.29. The van der Waals surface area contributed by atoms with Crippen LogP contribution in [0.15, 0.2) is 22.8 Å². The summed E-state index contributed by atoms with van der Waals surface area (Å²) in [7, 11) is 0. The lowest BCUT2D eigenvalue weighted by Crippen LogP contribution is -2.37. The minimum absolute atomic E-state index is 0.116. The Morgan fingerprint density at radius 3 is 2.63 bits per heavy atom. The van der Waals surface area contributed by atoms with E-state index in [-0.39, 0.29) is 6.54 Å². The van der Waals surface area contributed by atoms with E-state index in [1.165, 1.54) is 6.26 Å². The molecule has 0 saturated heterocycles. The second-order valence-corrected chi connectivity index (χ2v) is 3.40. The van der Waals surface area contributed by atoms with Crippen molar-refractivity contribution in [3.8, 4) is 0 Å². The van der Waals surface area contributed by atoms with Gasteiger partial charge in [0.25, 0.3) is 0 Å². The quantitative estimate of drug-likeness (QED) is 0.848. The minimum Gasteiger partial charge on any atom is -0.467 e. The number of carbonyl (C=O) groups excluding carboxylic acids is 2. The lowest BCUT2D eigenvalue weighted by atomic mass is 10.4. The lowest BCUT2D eigenvalue weighted by molar-refractivity contribution is -0.160. The first-order chi connectivity index (χ1) is 8.87. The van der Waals surface area contributed by atoms with Gasteiger partial charge in [-0.15, -0.1) is 0 Å². The number of hydrogen-bond donors (Lipinski definition) is 2. The average Bonchev–Trinajstić information content (AvgIpc) is 2.83. The van der Waals surface area contributed by atoms with Gasteiger partial charge in [0.15, 0.2) is 6.61 Å². The molecule has 0 bridgehead atoms. The normalized spacial score (nSPS) is 10.9. The Balaban J connectivity index is 2.14. The van der Waals surface area contributed by atoms with Crippen LogP contribution in [-0.2, 0) is 16.1 Å². The SMILES string of the molecule is O=C(CNC(=O)OCC(F)(F)F)NCc1ccco1. The number of carbonyl (C=O) groups is 2. The van der Waals surface area contributed by atoms with Gasteiger partial charge in [0.05, 0.1) is 12.8 Å². The topological polar surface area (TPSA) is 80.6 Å². The van der Waals surface area contributed by atoms with E-state index in [1.807, 2.05) is 5.32 Å². The Hall–Kier alpha value is -2.19. The van der Waals surface area contributed by atoms with Crippen LogP contribution in [0.1, 0.15) is 5.76 Å². The molecule has 9 heteroatoms. The van der Waals surface area contributed by atoms with Crippen molar-refractivity contribution in [2.24, 2.45) is 0 Å². The number of hydrogen-bond acceptors (Lipinski definition) is 4. The van der Waals surface area contributed by atoms with Gasteiger partial charge in [0.1, 0.15) is 12.3 Å². The zero-order chi connectivity index (χ0) is 14.3. The molecule has 6 nitrogen and oxygen atoms in total. The fourth-order valence-electron chi connectivity index (χ4n) is 1.01. The summed E-state index contributed by atoms with van der Waals surface area (Å²) in [4.78, 5) is 22.0. The molecule has 1 aromatic heterocycles. The molecule has 0 unspecified atom stereocenters. The molecule has 1 aromatic rings. The van der Waals surface area contributed by atoms with E-state index in [4.69, 9.17) is 4.42 Å². The Labute approximate surface area is 105 Å². The standard InChI is InChI=1S/C10H11F3N2O4/c11-10(12,13)6-19-9(17)15-5-8(16)14-4-7-2-1-3-18-7/h1-3H,4-6H2,(H,14,16)(H,15,17).